The van der Waals surface area contributed by atoms with Crippen LogP contribution >= 0.6 is 11.3 Å². The number of amides is 1. The minimum Gasteiger partial charge on any atom is -0.334 e. The standard InChI is InChI=1S/C20H20N6O2S/c1-12(2)17-13(10-22-26(17)16-6-4-5-8-21-16)20(28)25(3)11-15-23-14-7-9-29-18(14)19(27)24-15/h4-10,12H,11H2,1-3H3,(H,23,24,27). The number of carbonyl (C=O) groups excluding carboxylic acids is 1. The van der Waals surface area contributed by atoms with Crippen LogP contribution in [0.15, 0.2) is 46.8 Å². The topological polar surface area (TPSA) is 96.8 Å². The molecule has 1 N–H and O–H groups in total. The molecule has 4 heterocycles. The van der Waals surface area contributed by atoms with E-state index in [9.17, 15) is 9.59 Å². The molecular weight excluding hydrogens is 388 g/mol. The number of rotatable bonds is 5. The Labute approximate surface area is 170 Å². The molecule has 4 aromatic heterocycles. The number of thiophene rings is 1. The van der Waals surface area contributed by atoms with Crippen molar-refractivity contribution in [2.75, 3.05) is 7.05 Å². The fraction of sp³-hybridized carbons (Fsp3) is 0.250. The van der Waals surface area contributed by atoms with Gasteiger partial charge in [-0.15, -0.1) is 11.3 Å². The Morgan fingerprint density at radius 1 is 1.31 bits per heavy atom. The highest BCUT2D eigenvalue weighted by atomic mass is 32.1. The lowest BCUT2D eigenvalue weighted by molar-refractivity contribution is 0.0780. The summed E-state index contributed by atoms with van der Waals surface area (Å²) in [6.45, 7) is 4.21. The number of fused-ring (bicyclic) bond motifs is 1. The summed E-state index contributed by atoms with van der Waals surface area (Å²) in [6.07, 6.45) is 3.26. The molecule has 0 fully saturated rings. The summed E-state index contributed by atoms with van der Waals surface area (Å²) in [7, 11) is 1.68. The van der Waals surface area contributed by atoms with Crippen LogP contribution in [0.5, 0.6) is 0 Å². The van der Waals surface area contributed by atoms with Gasteiger partial charge in [0.25, 0.3) is 11.5 Å². The molecule has 0 unspecified atom stereocenters. The number of aromatic amines is 1. The van der Waals surface area contributed by atoms with Gasteiger partial charge in [0.15, 0.2) is 5.82 Å². The minimum absolute atomic E-state index is 0.0620. The molecule has 9 heteroatoms. The molecule has 0 aromatic carbocycles. The van der Waals surface area contributed by atoms with Crippen LogP contribution in [0.25, 0.3) is 16.0 Å². The molecule has 8 nitrogen and oxygen atoms in total. The van der Waals surface area contributed by atoms with Crippen molar-refractivity contribution in [1.82, 2.24) is 29.6 Å². The molecule has 1 amide bonds. The van der Waals surface area contributed by atoms with Crippen molar-refractivity contribution < 1.29 is 4.79 Å². The van der Waals surface area contributed by atoms with Crippen LogP contribution in [-0.2, 0) is 6.54 Å². The number of hydrogen-bond donors (Lipinski definition) is 1. The Morgan fingerprint density at radius 2 is 2.14 bits per heavy atom. The average molecular weight is 408 g/mol. The van der Waals surface area contributed by atoms with Gasteiger partial charge in [-0.3, -0.25) is 9.59 Å². The summed E-state index contributed by atoms with van der Waals surface area (Å²) in [5, 5.41) is 6.23. The van der Waals surface area contributed by atoms with Gasteiger partial charge >= 0.3 is 0 Å². The minimum atomic E-state index is -0.191. The summed E-state index contributed by atoms with van der Waals surface area (Å²) < 4.78 is 2.28. The first-order valence-corrected chi connectivity index (χ1v) is 10.0. The monoisotopic (exact) mass is 408 g/mol. The SMILES string of the molecule is CC(C)c1c(C(=O)N(C)Cc2nc3ccsc3c(=O)[nH]2)cnn1-c1ccccn1. The molecule has 0 saturated carbocycles. The molecule has 0 bridgehead atoms. The largest absolute Gasteiger partial charge is 0.334 e. The summed E-state index contributed by atoms with van der Waals surface area (Å²) in [4.78, 5) is 38.4. The molecule has 0 aliphatic rings. The summed E-state index contributed by atoms with van der Waals surface area (Å²) in [6, 6.07) is 7.36. The molecule has 0 spiro atoms. The van der Waals surface area contributed by atoms with E-state index >= 15 is 0 Å². The van der Waals surface area contributed by atoms with Crippen LogP contribution in [0.1, 0.15) is 41.6 Å². The fourth-order valence-corrected chi connectivity index (χ4v) is 3.96. The second-order valence-corrected chi connectivity index (χ2v) is 7.92. The first kappa shape index (κ1) is 19.0. The van der Waals surface area contributed by atoms with Gasteiger partial charge in [0.05, 0.1) is 29.5 Å². The van der Waals surface area contributed by atoms with Gasteiger partial charge in [0.1, 0.15) is 10.5 Å². The second kappa shape index (κ2) is 7.59. The number of aromatic nitrogens is 5. The number of nitrogens with zero attached hydrogens (tertiary/aromatic N) is 5. The predicted molar refractivity (Wildman–Crippen MR) is 111 cm³/mol. The van der Waals surface area contributed by atoms with Crippen molar-refractivity contribution in [3.05, 3.63) is 69.5 Å². The van der Waals surface area contributed by atoms with Crippen LogP contribution in [0, 0.1) is 0 Å². The van der Waals surface area contributed by atoms with E-state index in [0.717, 1.165) is 5.69 Å². The van der Waals surface area contributed by atoms with Crippen molar-refractivity contribution in [2.24, 2.45) is 0 Å². The molecule has 0 aliphatic carbocycles. The molecule has 0 atom stereocenters. The maximum absolute atomic E-state index is 13.2. The first-order chi connectivity index (χ1) is 14.0. The molecule has 4 rings (SSSR count). The molecule has 148 valence electrons. The molecule has 0 radical (unpaired) electrons. The number of pyridine rings is 1. The molecular formula is C20H20N6O2S. The zero-order valence-electron chi connectivity index (χ0n) is 16.3. The zero-order valence-corrected chi connectivity index (χ0v) is 17.1. The van der Waals surface area contributed by atoms with Crippen LogP contribution < -0.4 is 5.56 Å². The van der Waals surface area contributed by atoms with Gasteiger partial charge < -0.3 is 9.88 Å². The highest BCUT2D eigenvalue weighted by Crippen LogP contribution is 2.23. The van der Waals surface area contributed by atoms with E-state index in [2.05, 4.69) is 20.1 Å². The van der Waals surface area contributed by atoms with Crippen molar-refractivity contribution in [1.29, 1.82) is 0 Å². The van der Waals surface area contributed by atoms with Gasteiger partial charge in [0, 0.05) is 13.2 Å². The lowest BCUT2D eigenvalue weighted by Gasteiger charge is -2.18. The molecule has 0 aliphatic heterocycles. The van der Waals surface area contributed by atoms with E-state index in [-0.39, 0.29) is 23.9 Å². The lowest BCUT2D eigenvalue weighted by Crippen LogP contribution is -2.29. The lowest BCUT2D eigenvalue weighted by atomic mass is 10.0. The van der Waals surface area contributed by atoms with Gasteiger partial charge in [-0.2, -0.15) is 5.10 Å². The number of carbonyl (C=O) groups is 1. The van der Waals surface area contributed by atoms with Crippen LogP contribution in [-0.4, -0.2) is 42.6 Å². The normalized spacial score (nSPS) is 11.3. The number of nitrogens with one attached hydrogen (secondary N) is 1. The maximum Gasteiger partial charge on any atom is 0.268 e. The second-order valence-electron chi connectivity index (χ2n) is 7.01. The number of hydrogen-bond acceptors (Lipinski definition) is 6. The Morgan fingerprint density at radius 3 is 2.86 bits per heavy atom. The van der Waals surface area contributed by atoms with E-state index in [1.165, 1.54) is 16.2 Å². The van der Waals surface area contributed by atoms with E-state index in [1.807, 2.05) is 37.4 Å². The highest BCUT2D eigenvalue weighted by Gasteiger charge is 2.24. The molecule has 0 saturated heterocycles. The average Bonchev–Trinajstić information content (AvgIpc) is 3.35. The van der Waals surface area contributed by atoms with E-state index in [0.29, 0.717) is 27.4 Å². The molecule has 29 heavy (non-hydrogen) atoms. The van der Waals surface area contributed by atoms with Gasteiger partial charge in [-0.05, 0) is 29.5 Å². The van der Waals surface area contributed by atoms with Crippen molar-refractivity contribution in [3.63, 3.8) is 0 Å². The Kier molecular flexibility index (Phi) is 4.98. The van der Waals surface area contributed by atoms with Crippen molar-refractivity contribution in [2.45, 2.75) is 26.3 Å². The summed E-state index contributed by atoms with van der Waals surface area (Å²) in [5.41, 5.74) is 1.74. The van der Waals surface area contributed by atoms with E-state index in [4.69, 9.17) is 0 Å². The van der Waals surface area contributed by atoms with Crippen molar-refractivity contribution in [3.8, 4) is 5.82 Å². The first-order valence-electron chi connectivity index (χ1n) is 9.17. The Bertz CT molecular complexity index is 1220. The summed E-state index contributed by atoms with van der Waals surface area (Å²) in [5.74, 6) is 0.975. The van der Waals surface area contributed by atoms with E-state index < -0.39 is 0 Å². The van der Waals surface area contributed by atoms with E-state index in [1.54, 1.807) is 30.2 Å². The quantitative estimate of drug-likeness (QED) is 0.548. The summed E-state index contributed by atoms with van der Waals surface area (Å²) >= 11 is 1.35. The highest BCUT2D eigenvalue weighted by molar-refractivity contribution is 7.17. The third kappa shape index (κ3) is 3.56. The van der Waals surface area contributed by atoms with Crippen LogP contribution in [0.3, 0.4) is 0 Å². The smallest absolute Gasteiger partial charge is 0.268 e. The zero-order chi connectivity index (χ0) is 20.5. The fourth-order valence-electron chi connectivity index (χ4n) is 3.24. The number of H-pyrrole nitrogens is 1. The van der Waals surface area contributed by atoms with Gasteiger partial charge in [-0.25, -0.2) is 14.6 Å². The van der Waals surface area contributed by atoms with Crippen molar-refractivity contribution >= 4 is 27.5 Å². The van der Waals surface area contributed by atoms with Gasteiger partial charge in [0.2, 0.25) is 0 Å². The Balaban J connectivity index is 1.65. The predicted octanol–water partition coefficient (Wildman–Crippen LogP) is 2.96. The van der Waals surface area contributed by atoms with Crippen LogP contribution in [0.2, 0.25) is 0 Å². The third-order valence-corrected chi connectivity index (χ3v) is 5.45. The van der Waals surface area contributed by atoms with Crippen LogP contribution in [0.4, 0.5) is 0 Å². The Hall–Kier alpha value is -3.33. The molecule has 4 aromatic rings. The maximum atomic E-state index is 13.2. The van der Waals surface area contributed by atoms with Gasteiger partial charge in [-0.1, -0.05) is 19.9 Å². The third-order valence-electron chi connectivity index (χ3n) is 4.55.